The predicted octanol–water partition coefficient (Wildman–Crippen LogP) is 3.26. The normalized spacial score (nSPS) is 13.3. The van der Waals surface area contributed by atoms with Crippen molar-refractivity contribution < 1.29 is 0 Å². The molecule has 0 spiro atoms. The molecule has 0 saturated heterocycles. The van der Waals surface area contributed by atoms with Gasteiger partial charge in [-0.25, -0.2) is 0 Å². The molecule has 0 amide bonds. The lowest BCUT2D eigenvalue weighted by atomic mass is 10.1. The highest BCUT2D eigenvalue weighted by molar-refractivity contribution is 7.98. The van der Waals surface area contributed by atoms with Gasteiger partial charge in [-0.3, -0.25) is 0 Å². The Labute approximate surface area is 92.3 Å². The number of hydrogen-bond acceptors (Lipinski definition) is 3. The largest absolute Gasteiger partial charge is 0.323 e. The Bertz CT molecular complexity index is 422. The van der Waals surface area contributed by atoms with Crippen LogP contribution in [0.25, 0.3) is 10.1 Å². The van der Waals surface area contributed by atoms with Gasteiger partial charge in [0.15, 0.2) is 0 Å². The third-order valence-corrected chi connectivity index (χ3v) is 3.93. The summed E-state index contributed by atoms with van der Waals surface area (Å²) in [5, 5.41) is 3.50. The first kappa shape index (κ1) is 10.0. The second-order valence-corrected chi connectivity index (χ2v) is 5.07. The number of thioether (sulfide) groups is 1. The SMILES string of the molecule is CSCC(N)c1csc2ccccc12. The highest BCUT2D eigenvalue weighted by Crippen LogP contribution is 2.30. The highest BCUT2D eigenvalue weighted by Gasteiger charge is 2.10. The van der Waals surface area contributed by atoms with E-state index < -0.39 is 0 Å². The summed E-state index contributed by atoms with van der Waals surface area (Å²) in [4.78, 5) is 0. The summed E-state index contributed by atoms with van der Waals surface area (Å²) in [6.45, 7) is 0. The van der Waals surface area contributed by atoms with Crippen molar-refractivity contribution in [3.05, 3.63) is 35.2 Å². The molecular formula is C11H13NS2. The van der Waals surface area contributed by atoms with Crippen LogP contribution in [0.1, 0.15) is 11.6 Å². The molecule has 1 atom stereocenters. The van der Waals surface area contributed by atoms with Gasteiger partial charge in [-0.05, 0) is 28.7 Å². The van der Waals surface area contributed by atoms with Crippen molar-refractivity contribution in [1.82, 2.24) is 0 Å². The van der Waals surface area contributed by atoms with Gasteiger partial charge >= 0.3 is 0 Å². The number of thiophene rings is 1. The summed E-state index contributed by atoms with van der Waals surface area (Å²) in [7, 11) is 0. The summed E-state index contributed by atoms with van der Waals surface area (Å²) in [6.07, 6.45) is 2.09. The molecular weight excluding hydrogens is 210 g/mol. The molecule has 0 saturated carbocycles. The average Bonchev–Trinajstić information content (AvgIpc) is 2.61. The van der Waals surface area contributed by atoms with Gasteiger partial charge in [-0.2, -0.15) is 11.8 Å². The van der Waals surface area contributed by atoms with Gasteiger partial charge in [0.25, 0.3) is 0 Å². The lowest BCUT2D eigenvalue weighted by molar-refractivity contribution is 0.845. The minimum Gasteiger partial charge on any atom is -0.323 e. The van der Waals surface area contributed by atoms with E-state index in [-0.39, 0.29) is 6.04 Å². The Morgan fingerprint density at radius 1 is 1.43 bits per heavy atom. The van der Waals surface area contributed by atoms with Crippen LogP contribution in [-0.2, 0) is 0 Å². The topological polar surface area (TPSA) is 26.0 Å². The summed E-state index contributed by atoms with van der Waals surface area (Å²) in [5.41, 5.74) is 7.39. The summed E-state index contributed by atoms with van der Waals surface area (Å²) < 4.78 is 1.33. The van der Waals surface area contributed by atoms with Crippen LogP contribution >= 0.6 is 23.1 Å². The maximum Gasteiger partial charge on any atom is 0.0401 e. The number of benzene rings is 1. The first-order valence-electron chi connectivity index (χ1n) is 4.53. The number of hydrogen-bond donors (Lipinski definition) is 1. The molecule has 0 aliphatic rings. The molecule has 0 radical (unpaired) electrons. The maximum absolute atomic E-state index is 6.10. The molecule has 3 heteroatoms. The van der Waals surface area contributed by atoms with Crippen LogP contribution in [-0.4, -0.2) is 12.0 Å². The Kier molecular flexibility index (Phi) is 3.11. The third-order valence-electron chi connectivity index (χ3n) is 2.26. The van der Waals surface area contributed by atoms with E-state index in [1.807, 2.05) is 0 Å². The van der Waals surface area contributed by atoms with Crippen molar-refractivity contribution in [2.45, 2.75) is 6.04 Å². The van der Waals surface area contributed by atoms with Crippen LogP contribution in [0.2, 0.25) is 0 Å². The molecule has 1 aromatic carbocycles. The van der Waals surface area contributed by atoms with Crippen molar-refractivity contribution in [3.63, 3.8) is 0 Å². The van der Waals surface area contributed by atoms with Crippen molar-refractivity contribution >= 4 is 33.2 Å². The first-order valence-corrected chi connectivity index (χ1v) is 6.81. The molecule has 2 N–H and O–H groups in total. The molecule has 0 aliphatic carbocycles. The highest BCUT2D eigenvalue weighted by atomic mass is 32.2. The Morgan fingerprint density at radius 3 is 3.00 bits per heavy atom. The second-order valence-electron chi connectivity index (χ2n) is 3.25. The average molecular weight is 223 g/mol. The van der Waals surface area contributed by atoms with E-state index in [9.17, 15) is 0 Å². The van der Waals surface area contributed by atoms with Crippen LogP contribution in [0.4, 0.5) is 0 Å². The summed E-state index contributed by atoms with van der Waals surface area (Å²) in [6, 6.07) is 8.62. The zero-order valence-electron chi connectivity index (χ0n) is 8.07. The predicted molar refractivity (Wildman–Crippen MR) is 67.1 cm³/mol. The number of rotatable bonds is 3. The molecule has 74 valence electrons. The fourth-order valence-corrected chi connectivity index (χ4v) is 3.12. The van der Waals surface area contributed by atoms with E-state index in [1.54, 1.807) is 23.1 Å². The van der Waals surface area contributed by atoms with Crippen LogP contribution in [0.15, 0.2) is 29.6 Å². The van der Waals surface area contributed by atoms with Gasteiger partial charge in [0.2, 0.25) is 0 Å². The Hall–Kier alpha value is -0.510. The molecule has 0 fully saturated rings. The molecule has 1 aromatic heterocycles. The molecule has 2 rings (SSSR count). The van der Waals surface area contributed by atoms with Crippen molar-refractivity contribution in [2.75, 3.05) is 12.0 Å². The standard InChI is InChI=1S/C11H13NS2/c1-13-7-10(12)9-6-14-11-5-3-2-4-8(9)11/h2-6,10H,7,12H2,1H3. The van der Waals surface area contributed by atoms with E-state index in [4.69, 9.17) is 5.73 Å². The van der Waals surface area contributed by atoms with E-state index in [0.29, 0.717) is 0 Å². The van der Waals surface area contributed by atoms with E-state index in [2.05, 4.69) is 35.9 Å². The number of nitrogens with two attached hydrogens (primary N) is 1. The summed E-state index contributed by atoms with van der Waals surface area (Å²) in [5.74, 6) is 0.987. The van der Waals surface area contributed by atoms with E-state index >= 15 is 0 Å². The molecule has 0 aliphatic heterocycles. The second kappa shape index (κ2) is 4.34. The molecule has 1 heterocycles. The van der Waals surface area contributed by atoms with Gasteiger partial charge in [-0.1, -0.05) is 18.2 Å². The Balaban J connectivity index is 2.42. The molecule has 14 heavy (non-hydrogen) atoms. The van der Waals surface area contributed by atoms with Crippen LogP contribution in [0, 0.1) is 0 Å². The Morgan fingerprint density at radius 2 is 2.21 bits per heavy atom. The lowest BCUT2D eigenvalue weighted by Gasteiger charge is -2.08. The van der Waals surface area contributed by atoms with Crippen LogP contribution in [0.3, 0.4) is 0 Å². The summed E-state index contributed by atoms with van der Waals surface area (Å²) >= 11 is 3.58. The molecule has 1 nitrogen and oxygen atoms in total. The lowest BCUT2D eigenvalue weighted by Crippen LogP contribution is -2.11. The fourth-order valence-electron chi connectivity index (χ4n) is 1.55. The third kappa shape index (κ3) is 1.80. The van der Waals surface area contributed by atoms with Crippen LogP contribution < -0.4 is 5.73 Å². The van der Waals surface area contributed by atoms with E-state index in [0.717, 1.165) is 5.75 Å². The fraction of sp³-hybridized carbons (Fsp3) is 0.273. The smallest absolute Gasteiger partial charge is 0.0401 e. The van der Waals surface area contributed by atoms with Gasteiger partial charge < -0.3 is 5.73 Å². The van der Waals surface area contributed by atoms with Crippen molar-refractivity contribution in [1.29, 1.82) is 0 Å². The molecule has 2 aromatic rings. The minimum atomic E-state index is 0.168. The van der Waals surface area contributed by atoms with Crippen LogP contribution in [0.5, 0.6) is 0 Å². The van der Waals surface area contributed by atoms with Crippen molar-refractivity contribution in [2.24, 2.45) is 5.73 Å². The van der Waals surface area contributed by atoms with Gasteiger partial charge in [0, 0.05) is 16.5 Å². The van der Waals surface area contributed by atoms with E-state index in [1.165, 1.54) is 15.6 Å². The molecule has 0 bridgehead atoms. The zero-order valence-corrected chi connectivity index (χ0v) is 9.70. The number of fused-ring (bicyclic) bond motifs is 1. The maximum atomic E-state index is 6.10. The van der Waals surface area contributed by atoms with Gasteiger partial charge in [0.05, 0.1) is 0 Å². The molecule has 1 unspecified atom stereocenters. The monoisotopic (exact) mass is 223 g/mol. The van der Waals surface area contributed by atoms with Crippen molar-refractivity contribution in [3.8, 4) is 0 Å². The minimum absolute atomic E-state index is 0.168. The quantitative estimate of drug-likeness (QED) is 0.864. The van der Waals surface area contributed by atoms with Gasteiger partial charge in [0.1, 0.15) is 0 Å². The zero-order chi connectivity index (χ0) is 9.97. The van der Waals surface area contributed by atoms with Gasteiger partial charge in [-0.15, -0.1) is 11.3 Å². The first-order chi connectivity index (χ1) is 6.83.